The van der Waals surface area contributed by atoms with E-state index in [9.17, 15) is 4.79 Å². The van der Waals surface area contributed by atoms with Gasteiger partial charge in [0.15, 0.2) is 0 Å². The van der Waals surface area contributed by atoms with Gasteiger partial charge in [-0.1, -0.05) is 45.0 Å². The van der Waals surface area contributed by atoms with Crippen LogP contribution in [0.1, 0.15) is 69.1 Å². The minimum Gasteiger partial charge on any atom is -0.322 e. The van der Waals surface area contributed by atoms with Crippen LogP contribution >= 0.6 is 11.8 Å². The molecule has 25 heavy (non-hydrogen) atoms. The normalized spacial score (nSPS) is 11.3. The minimum absolute atomic E-state index is 0.168. The fraction of sp³-hybridized carbons (Fsp3) is 0.524. The first-order chi connectivity index (χ1) is 11.8. The lowest BCUT2D eigenvalue weighted by atomic mass is 10.1. The van der Waals surface area contributed by atoms with Gasteiger partial charge in [0.1, 0.15) is 16.6 Å². The van der Waals surface area contributed by atoms with Crippen LogP contribution < -0.4 is 0 Å². The van der Waals surface area contributed by atoms with Gasteiger partial charge in [-0.3, -0.25) is 4.79 Å². The van der Waals surface area contributed by atoms with Gasteiger partial charge in [0, 0.05) is 11.4 Å². The standard InChI is InChI=1S/C21H30N2OS/c1-7-8-9-23-19(13-17(6)24)22-20(14(2)3)21(23)25-18-11-15(4)10-16(5)12-18/h10-12,14H,7-9,13H2,1-6H3. The molecule has 0 aliphatic rings. The third-order valence-corrected chi connectivity index (χ3v) is 5.22. The van der Waals surface area contributed by atoms with Gasteiger partial charge in [0.25, 0.3) is 0 Å². The third kappa shape index (κ3) is 5.21. The number of Topliss-reactive ketones (excluding diaryl/α,β-unsaturated/α-hetero) is 1. The third-order valence-electron chi connectivity index (χ3n) is 4.12. The Kier molecular flexibility index (Phi) is 6.88. The highest BCUT2D eigenvalue weighted by Crippen LogP contribution is 2.36. The van der Waals surface area contributed by atoms with Gasteiger partial charge < -0.3 is 4.57 Å². The molecule has 3 nitrogen and oxygen atoms in total. The number of aryl methyl sites for hydroxylation is 2. The molecule has 4 heteroatoms. The summed E-state index contributed by atoms with van der Waals surface area (Å²) in [4.78, 5) is 17.8. The number of benzene rings is 1. The summed E-state index contributed by atoms with van der Waals surface area (Å²) in [5.74, 6) is 1.42. The van der Waals surface area contributed by atoms with Crippen LogP contribution in [0.4, 0.5) is 0 Å². The molecule has 0 N–H and O–H groups in total. The average Bonchev–Trinajstić information content (AvgIpc) is 2.81. The molecule has 1 heterocycles. The molecule has 0 saturated carbocycles. The highest BCUT2D eigenvalue weighted by Gasteiger charge is 2.21. The number of imidazole rings is 1. The maximum atomic E-state index is 11.7. The lowest BCUT2D eigenvalue weighted by Crippen LogP contribution is -2.09. The van der Waals surface area contributed by atoms with Gasteiger partial charge in [0.2, 0.25) is 0 Å². The van der Waals surface area contributed by atoms with Gasteiger partial charge in [-0.05, 0) is 56.4 Å². The SMILES string of the molecule is CCCCn1c(CC(C)=O)nc(C(C)C)c1Sc1cc(C)cc(C)c1. The second kappa shape index (κ2) is 8.70. The molecule has 0 amide bonds. The molecule has 0 unspecified atom stereocenters. The Morgan fingerprint density at radius 2 is 1.84 bits per heavy atom. The Hall–Kier alpha value is -1.55. The minimum atomic E-state index is 0.168. The quantitative estimate of drug-likeness (QED) is 0.606. The van der Waals surface area contributed by atoms with Gasteiger partial charge in [-0.25, -0.2) is 4.98 Å². The largest absolute Gasteiger partial charge is 0.322 e. The van der Waals surface area contributed by atoms with E-state index in [1.807, 2.05) is 0 Å². The van der Waals surface area contributed by atoms with Crippen molar-refractivity contribution < 1.29 is 4.79 Å². The Balaban J connectivity index is 2.51. The molecule has 0 atom stereocenters. The van der Waals surface area contributed by atoms with E-state index in [2.05, 4.69) is 57.4 Å². The monoisotopic (exact) mass is 358 g/mol. The number of hydrogen-bond acceptors (Lipinski definition) is 3. The first kappa shape index (κ1) is 19.8. The fourth-order valence-corrected chi connectivity index (χ4v) is 4.40. The lowest BCUT2D eigenvalue weighted by Gasteiger charge is -2.13. The van der Waals surface area contributed by atoms with Gasteiger partial charge in [0.05, 0.1) is 12.1 Å². The zero-order valence-electron chi connectivity index (χ0n) is 16.3. The highest BCUT2D eigenvalue weighted by atomic mass is 32.2. The molecule has 1 aromatic heterocycles. The summed E-state index contributed by atoms with van der Waals surface area (Å²) < 4.78 is 2.28. The first-order valence-corrected chi connectivity index (χ1v) is 9.98. The Bertz CT molecular complexity index is 726. The second-order valence-corrected chi connectivity index (χ2v) is 8.24. The average molecular weight is 359 g/mol. The van der Waals surface area contributed by atoms with E-state index in [-0.39, 0.29) is 5.78 Å². The molecule has 0 aliphatic carbocycles. The maximum absolute atomic E-state index is 11.7. The van der Waals surface area contributed by atoms with Crippen molar-refractivity contribution in [1.29, 1.82) is 0 Å². The Labute approximate surface area is 156 Å². The molecular weight excluding hydrogens is 328 g/mol. The van der Waals surface area contributed by atoms with Gasteiger partial charge in [-0.2, -0.15) is 0 Å². The Morgan fingerprint density at radius 1 is 1.20 bits per heavy atom. The number of hydrogen-bond donors (Lipinski definition) is 0. The summed E-state index contributed by atoms with van der Waals surface area (Å²) in [6.07, 6.45) is 2.64. The van der Waals surface area contributed by atoms with E-state index in [0.29, 0.717) is 12.3 Å². The van der Waals surface area contributed by atoms with Gasteiger partial charge >= 0.3 is 0 Å². The maximum Gasteiger partial charge on any atom is 0.137 e. The van der Waals surface area contributed by atoms with E-state index >= 15 is 0 Å². The van der Waals surface area contributed by atoms with Crippen molar-refractivity contribution in [3.8, 4) is 0 Å². The molecule has 136 valence electrons. The molecule has 0 bridgehead atoms. The first-order valence-electron chi connectivity index (χ1n) is 9.16. The number of ketones is 1. The van der Waals surface area contributed by atoms with Crippen LogP contribution in [0.3, 0.4) is 0 Å². The Morgan fingerprint density at radius 3 is 2.36 bits per heavy atom. The van der Waals surface area contributed by atoms with E-state index in [4.69, 9.17) is 4.98 Å². The summed E-state index contributed by atoms with van der Waals surface area (Å²) in [5.41, 5.74) is 3.66. The molecule has 0 saturated heterocycles. The van der Waals surface area contributed by atoms with Crippen LogP contribution in [0.15, 0.2) is 28.1 Å². The van der Waals surface area contributed by atoms with Crippen LogP contribution in [0.2, 0.25) is 0 Å². The zero-order valence-corrected chi connectivity index (χ0v) is 17.2. The van der Waals surface area contributed by atoms with Crippen molar-refractivity contribution >= 4 is 17.5 Å². The predicted molar refractivity (Wildman–Crippen MR) is 106 cm³/mol. The predicted octanol–water partition coefficient (Wildman–Crippen LogP) is 5.71. The van der Waals surface area contributed by atoms with E-state index in [0.717, 1.165) is 30.9 Å². The van der Waals surface area contributed by atoms with Crippen LogP contribution in [0, 0.1) is 13.8 Å². The van der Waals surface area contributed by atoms with Crippen molar-refractivity contribution in [1.82, 2.24) is 9.55 Å². The molecule has 0 fully saturated rings. The highest BCUT2D eigenvalue weighted by molar-refractivity contribution is 7.99. The number of unbranched alkanes of at least 4 members (excludes halogenated alkanes) is 1. The smallest absolute Gasteiger partial charge is 0.137 e. The summed E-state index contributed by atoms with van der Waals surface area (Å²) >= 11 is 1.79. The van der Waals surface area contributed by atoms with E-state index < -0.39 is 0 Å². The van der Waals surface area contributed by atoms with Crippen molar-refractivity contribution in [2.24, 2.45) is 0 Å². The van der Waals surface area contributed by atoms with Crippen LogP contribution in [-0.4, -0.2) is 15.3 Å². The van der Waals surface area contributed by atoms with Crippen molar-refractivity contribution in [3.05, 3.63) is 40.8 Å². The lowest BCUT2D eigenvalue weighted by molar-refractivity contribution is -0.116. The van der Waals surface area contributed by atoms with Crippen LogP contribution in [-0.2, 0) is 17.8 Å². The van der Waals surface area contributed by atoms with Crippen molar-refractivity contribution in [2.45, 2.75) is 83.2 Å². The van der Waals surface area contributed by atoms with E-state index in [1.165, 1.54) is 21.0 Å². The molecule has 2 aromatic rings. The molecule has 0 radical (unpaired) electrons. The summed E-state index contributed by atoms with van der Waals surface area (Å²) in [5, 5.41) is 1.20. The number of nitrogens with zero attached hydrogens (tertiary/aromatic N) is 2. The summed E-state index contributed by atoms with van der Waals surface area (Å²) in [6.45, 7) is 13.4. The summed E-state index contributed by atoms with van der Waals surface area (Å²) in [7, 11) is 0. The number of aromatic nitrogens is 2. The summed E-state index contributed by atoms with van der Waals surface area (Å²) in [6, 6.07) is 6.65. The number of rotatable bonds is 8. The van der Waals surface area contributed by atoms with Crippen LogP contribution in [0.5, 0.6) is 0 Å². The molecule has 0 spiro atoms. The number of carbonyl (C=O) groups is 1. The molecular formula is C21H30N2OS. The topological polar surface area (TPSA) is 34.9 Å². The molecule has 2 rings (SSSR count). The van der Waals surface area contributed by atoms with E-state index in [1.54, 1.807) is 18.7 Å². The molecule has 0 aliphatic heterocycles. The second-order valence-electron chi connectivity index (χ2n) is 7.18. The fourth-order valence-electron chi connectivity index (χ4n) is 2.99. The molecule has 1 aromatic carbocycles. The van der Waals surface area contributed by atoms with Crippen molar-refractivity contribution in [2.75, 3.05) is 0 Å². The van der Waals surface area contributed by atoms with Crippen LogP contribution in [0.25, 0.3) is 0 Å². The zero-order chi connectivity index (χ0) is 18.6. The number of carbonyl (C=O) groups excluding carboxylic acids is 1. The van der Waals surface area contributed by atoms with Crippen molar-refractivity contribution in [3.63, 3.8) is 0 Å². The van der Waals surface area contributed by atoms with Gasteiger partial charge in [-0.15, -0.1) is 0 Å².